The second-order valence-corrected chi connectivity index (χ2v) is 4.86. The molecule has 0 bridgehead atoms. The van der Waals surface area contributed by atoms with Crippen LogP contribution in [0.2, 0.25) is 0 Å². The second-order valence-electron chi connectivity index (χ2n) is 4.00. The van der Waals surface area contributed by atoms with E-state index in [-0.39, 0.29) is 6.03 Å². The number of amides is 2. The first-order chi connectivity index (χ1) is 9.67. The van der Waals surface area contributed by atoms with Crippen molar-refractivity contribution in [2.45, 2.75) is 6.92 Å². The van der Waals surface area contributed by atoms with Gasteiger partial charge in [0.1, 0.15) is 5.75 Å². The van der Waals surface area contributed by atoms with Gasteiger partial charge in [-0.25, -0.2) is 9.78 Å². The van der Waals surface area contributed by atoms with Crippen molar-refractivity contribution in [3.8, 4) is 5.75 Å². The third-order valence-corrected chi connectivity index (χ3v) is 3.30. The number of rotatable bonds is 4. The highest BCUT2D eigenvalue weighted by Crippen LogP contribution is 2.14. The summed E-state index contributed by atoms with van der Waals surface area (Å²) in [6, 6.07) is 7.22. The number of anilines is 1. The van der Waals surface area contributed by atoms with Crippen LogP contribution >= 0.6 is 11.3 Å². The van der Waals surface area contributed by atoms with Crippen molar-refractivity contribution in [1.29, 1.82) is 0 Å². The van der Waals surface area contributed by atoms with Gasteiger partial charge in [0, 0.05) is 11.6 Å². The number of ether oxygens (including phenoxy) is 1. The molecule has 0 atom stereocenters. The molecule has 0 radical (unpaired) electrons. The number of carbonyl (C=O) groups is 1. The third-order valence-electron chi connectivity index (χ3n) is 2.42. The number of hydrogen-bond acceptors (Lipinski definition) is 4. The van der Waals surface area contributed by atoms with Crippen LogP contribution in [0, 0.1) is 6.92 Å². The lowest BCUT2D eigenvalue weighted by atomic mass is 10.2. The zero-order valence-corrected chi connectivity index (χ0v) is 12.0. The van der Waals surface area contributed by atoms with Crippen LogP contribution < -0.4 is 15.4 Å². The first-order valence-electron chi connectivity index (χ1n) is 5.97. The Bertz CT molecular complexity index is 622. The summed E-state index contributed by atoms with van der Waals surface area (Å²) in [4.78, 5) is 15.7. The highest BCUT2D eigenvalue weighted by Gasteiger charge is 2.02. The molecule has 2 N–H and O–H groups in total. The minimum Gasteiger partial charge on any atom is -0.497 e. The zero-order valence-electron chi connectivity index (χ0n) is 11.2. The molecular weight excluding hydrogens is 274 g/mol. The fourth-order valence-corrected chi connectivity index (χ4v) is 2.19. The van der Waals surface area contributed by atoms with Crippen molar-refractivity contribution in [2.24, 2.45) is 0 Å². The Morgan fingerprint density at radius 3 is 3.00 bits per heavy atom. The topological polar surface area (TPSA) is 63.2 Å². The summed E-state index contributed by atoms with van der Waals surface area (Å²) in [6.45, 7) is 1.88. The monoisotopic (exact) mass is 289 g/mol. The van der Waals surface area contributed by atoms with Gasteiger partial charge in [-0.3, -0.25) is 5.32 Å². The minimum absolute atomic E-state index is 0.321. The number of thiazole rings is 1. The molecule has 2 amide bonds. The van der Waals surface area contributed by atoms with Crippen LogP contribution in [-0.2, 0) is 0 Å². The molecular formula is C14H15N3O2S. The van der Waals surface area contributed by atoms with Crippen LogP contribution in [0.3, 0.4) is 0 Å². The molecule has 6 heteroatoms. The van der Waals surface area contributed by atoms with Crippen molar-refractivity contribution in [2.75, 3.05) is 12.4 Å². The molecule has 0 aliphatic heterocycles. The maximum absolute atomic E-state index is 11.6. The lowest BCUT2D eigenvalue weighted by Crippen LogP contribution is -2.23. The molecule has 104 valence electrons. The van der Waals surface area contributed by atoms with Crippen LogP contribution in [0.5, 0.6) is 5.75 Å². The summed E-state index contributed by atoms with van der Waals surface area (Å²) < 4.78 is 5.12. The predicted molar refractivity (Wildman–Crippen MR) is 81.0 cm³/mol. The molecule has 1 heterocycles. The van der Waals surface area contributed by atoms with E-state index in [1.807, 2.05) is 36.6 Å². The van der Waals surface area contributed by atoms with Crippen molar-refractivity contribution in [3.05, 3.63) is 47.1 Å². The summed E-state index contributed by atoms with van der Waals surface area (Å²) in [5.41, 5.74) is 1.83. The van der Waals surface area contributed by atoms with E-state index in [4.69, 9.17) is 4.74 Å². The fourth-order valence-electron chi connectivity index (χ4n) is 1.50. The van der Waals surface area contributed by atoms with Crippen molar-refractivity contribution in [1.82, 2.24) is 10.3 Å². The number of aryl methyl sites for hydroxylation is 1. The second kappa shape index (κ2) is 6.72. The van der Waals surface area contributed by atoms with Crippen LogP contribution in [0.4, 0.5) is 9.93 Å². The van der Waals surface area contributed by atoms with E-state index in [9.17, 15) is 4.79 Å². The average Bonchev–Trinajstić information content (AvgIpc) is 2.84. The van der Waals surface area contributed by atoms with E-state index in [1.54, 1.807) is 19.4 Å². The molecule has 0 unspecified atom stereocenters. The first kappa shape index (κ1) is 14.1. The molecule has 0 aliphatic rings. The molecule has 2 aromatic rings. The number of benzene rings is 1. The number of carbonyl (C=O) groups excluding carboxylic acids is 1. The fraction of sp³-hybridized carbons (Fsp3) is 0.143. The normalized spacial score (nSPS) is 10.5. The Labute approximate surface area is 121 Å². The highest BCUT2D eigenvalue weighted by atomic mass is 32.1. The molecule has 0 saturated carbocycles. The highest BCUT2D eigenvalue weighted by molar-refractivity contribution is 7.13. The molecule has 1 aromatic carbocycles. The standard InChI is InChI=1S/C14H15N3O2S/c1-10-9-20-14(16-10)17-13(18)15-7-6-11-4-3-5-12(8-11)19-2/h3-9H,1-2H3,(H2,15,16,17,18)/b7-6+. The minimum atomic E-state index is -0.321. The van der Waals surface area contributed by atoms with E-state index in [2.05, 4.69) is 15.6 Å². The summed E-state index contributed by atoms with van der Waals surface area (Å²) >= 11 is 1.39. The average molecular weight is 289 g/mol. The Morgan fingerprint density at radius 2 is 2.30 bits per heavy atom. The van der Waals surface area contributed by atoms with E-state index in [0.717, 1.165) is 17.0 Å². The predicted octanol–water partition coefficient (Wildman–Crippen LogP) is 3.25. The third kappa shape index (κ3) is 4.10. The maximum atomic E-state index is 11.6. The quantitative estimate of drug-likeness (QED) is 0.908. The molecule has 5 nitrogen and oxygen atoms in total. The molecule has 0 saturated heterocycles. The van der Waals surface area contributed by atoms with E-state index in [0.29, 0.717) is 5.13 Å². The Balaban J connectivity index is 1.87. The summed E-state index contributed by atoms with van der Waals surface area (Å²) in [5.74, 6) is 0.773. The van der Waals surface area contributed by atoms with E-state index >= 15 is 0 Å². The van der Waals surface area contributed by atoms with Gasteiger partial charge in [-0.2, -0.15) is 0 Å². The number of nitrogens with one attached hydrogen (secondary N) is 2. The number of hydrogen-bond donors (Lipinski definition) is 2. The molecule has 1 aromatic heterocycles. The van der Waals surface area contributed by atoms with Gasteiger partial charge >= 0.3 is 6.03 Å². The van der Waals surface area contributed by atoms with Gasteiger partial charge in [-0.05, 0) is 30.7 Å². The van der Waals surface area contributed by atoms with Gasteiger partial charge in [-0.15, -0.1) is 11.3 Å². The Hall–Kier alpha value is -2.34. The van der Waals surface area contributed by atoms with Crippen LogP contribution in [0.1, 0.15) is 11.3 Å². The van der Waals surface area contributed by atoms with Crippen molar-refractivity contribution in [3.63, 3.8) is 0 Å². The summed E-state index contributed by atoms with van der Waals surface area (Å²) in [6.07, 6.45) is 3.36. The SMILES string of the molecule is COc1cccc(/C=C/NC(=O)Nc2nc(C)cs2)c1. The number of urea groups is 1. The van der Waals surface area contributed by atoms with Crippen LogP contribution in [-0.4, -0.2) is 18.1 Å². The van der Waals surface area contributed by atoms with E-state index < -0.39 is 0 Å². The molecule has 2 rings (SSSR count). The van der Waals surface area contributed by atoms with Gasteiger partial charge in [0.25, 0.3) is 0 Å². The summed E-state index contributed by atoms with van der Waals surface area (Å²) in [7, 11) is 1.62. The van der Waals surface area contributed by atoms with Crippen LogP contribution in [0.15, 0.2) is 35.8 Å². The van der Waals surface area contributed by atoms with Gasteiger partial charge in [0.05, 0.1) is 12.8 Å². The van der Waals surface area contributed by atoms with Gasteiger partial charge in [0.2, 0.25) is 0 Å². The van der Waals surface area contributed by atoms with Crippen LogP contribution in [0.25, 0.3) is 6.08 Å². The zero-order chi connectivity index (χ0) is 14.4. The Morgan fingerprint density at radius 1 is 1.45 bits per heavy atom. The largest absolute Gasteiger partial charge is 0.497 e. The van der Waals surface area contributed by atoms with Gasteiger partial charge in [0.15, 0.2) is 5.13 Å². The molecule has 0 aliphatic carbocycles. The summed E-state index contributed by atoms with van der Waals surface area (Å²) in [5, 5.41) is 7.73. The van der Waals surface area contributed by atoms with Crippen molar-refractivity contribution < 1.29 is 9.53 Å². The Kier molecular flexibility index (Phi) is 4.73. The molecule has 0 spiro atoms. The van der Waals surface area contributed by atoms with Gasteiger partial charge in [-0.1, -0.05) is 12.1 Å². The first-order valence-corrected chi connectivity index (χ1v) is 6.85. The molecule has 0 fully saturated rings. The number of methoxy groups -OCH3 is 1. The van der Waals surface area contributed by atoms with E-state index in [1.165, 1.54) is 11.3 Å². The van der Waals surface area contributed by atoms with Gasteiger partial charge < -0.3 is 10.1 Å². The molecule has 20 heavy (non-hydrogen) atoms. The van der Waals surface area contributed by atoms with Crippen molar-refractivity contribution >= 4 is 28.6 Å². The maximum Gasteiger partial charge on any atom is 0.325 e. The lowest BCUT2D eigenvalue weighted by Gasteiger charge is -2.01. The smallest absolute Gasteiger partial charge is 0.325 e. The number of nitrogens with zero attached hydrogens (tertiary/aromatic N) is 1. The lowest BCUT2D eigenvalue weighted by molar-refractivity contribution is 0.255. The number of aromatic nitrogens is 1.